The van der Waals surface area contributed by atoms with Crippen LogP contribution in [0, 0.1) is 0 Å². The van der Waals surface area contributed by atoms with Crippen molar-refractivity contribution in [1.82, 2.24) is 5.32 Å². The van der Waals surface area contributed by atoms with Crippen LogP contribution in [0.1, 0.15) is 26.8 Å². The highest BCUT2D eigenvalue weighted by Gasteiger charge is 2.11. The summed E-state index contributed by atoms with van der Waals surface area (Å²) in [4.78, 5) is 11.7. The van der Waals surface area contributed by atoms with Gasteiger partial charge in [0.1, 0.15) is 0 Å². The molecule has 100 valence electrons. The van der Waals surface area contributed by atoms with Gasteiger partial charge in [-0.25, -0.2) is 4.79 Å². The number of carboxylic acid groups (broad SMARTS) is 1. The van der Waals surface area contributed by atoms with Crippen molar-refractivity contribution >= 4 is 17.3 Å². The zero-order valence-electron chi connectivity index (χ0n) is 10.2. The molecule has 1 aromatic carbocycles. The molecule has 2 aromatic rings. The first kappa shape index (κ1) is 13.7. The minimum atomic E-state index is -0.913. The number of benzene rings is 1. The first-order chi connectivity index (χ1) is 9.20. The third-order valence-electron chi connectivity index (χ3n) is 2.81. The summed E-state index contributed by atoms with van der Waals surface area (Å²) < 4.78 is 0. The predicted octanol–water partition coefficient (Wildman–Crippen LogP) is 2.27. The minimum Gasteiger partial charge on any atom is -0.478 e. The molecule has 5 heteroatoms. The van der Waals surface area contributed by atoms with Crippen LogP contribution >= 0.6 is 11.3 Å². The number of aliphatic hydroxyl groups excluding tert-OH is 1. The van der Waals surface area contributed by atoms with E-state index in [1.807, 2.05) is 30.3 Å². The molecule has 1 aromatic heterocycles. The molecule has 0 aliphatic rings. The Morgan fingerprint density at radius 3 is 2.63 bits per heavy atom. The molecule has 0 aliphatic carbocycles. The van der Waals surface area contributed by atoms with Crippen LogP contribution in [-0.4, -0.2) is 22.8 Å². The summed E-state index contributed by atoms with van der Waals surface area (Å²) in [6.45, 7) is 0.541. The summed E-state index contributed by atoms with van der Waals surface area (Å²) in [5.41, 5.74) is 1.32. The van der Waals surface area contributed by atoms with Crippen LogP contribution in [0.15, 0.2) is 41.8 Å². The van der Waals surface area contributed by atoms with Gasteiger partial charge in [-0.1, -0.05) is 30.3 Å². The molecule has 3 N–H and O–H groups in total. The van der Waals surface area contributed by atoms with Crippen LogP contribution < -0.4 is 5.32 Å². The first-order valence-corrected chi connectivity index (χ1v) is 6.78. The number of rotatable bonds is 6. The lowest BCUT2D eigenvalue weighted by molar-refractivity contribution is 0.0697. The lowest BCUT2D eigenvalue weighted by Gasteiger charge is -2.15. The molecule has 0 fully saturated rings. The maximum absolute atomic E-state index is 10.8. The number of hydrogen-bond acceptors (Lipinski definition) is 4. The lowest BCUT2D eigenvalue weighted by Crippen LogP contribution is -2.23. The minimum absolute atomic E-state index is 0.00117. The predicted molar refractivity (Wildman–Crippen MR) is 74.4 cm³/mol. The Bertz CT molecular complexity index is 539. The summed E-state index contributed by atoms with van der Waals surface area (Å²) in [5, 5.41) is 23.1. The number of aliphatic hydroxyl groups is 1. The summed E-state index contributed by atoms with van der Waals surface area (Å²) in [6.07, 6.45) is 0. The topological polar surface area (TPSA) is 69.6 Å². The van der Waals surface area contributed by atoms with Crippen molar-refractivity contribution in [3.63, 3.8) is 0 Å². The molecular formula is C14H15NO3S. The molecule has 0 amide bonds. The second kappa shape index (κ2) is 6.47. The van der Waals surface area contributed by atoms with E-state index in [0.717, 1.165) is 10.4 Å². The van der Waals surface area contributed by atoms with Gasteiger partial charge in [0.2, 0.25) is 0 Å². The number of carboxylic acids is 1. The second-order valence-corrected chi connectivity index (χ2v) is 5.13. The molecule has 0 bridgehead atoms. The van der Waals surface area contributed by atoms with Gasteiger partial charge in [0.15, 0.2) is 0 Å². The monoisotopic (exact) mass is 277 g/mol. The summed E-state index contributed by atoms with van der Waals surface area (Å²) in [5.74, 6) is -0.913. The third kappa shape index (κ3) is 3.64. The Kier molecular flexibility index (Phi) is 4.68. The standard InChI is InChI=1S/C14H15NO3S/c16-8-13(10-4-2-1-3-5-10)15-7-12-6-11(9-19-12)14(17)18/h1-6,9,13,15-16H,7-8H2,(H,17,18). The van der Waals surface area contributed by atoms with Crippen LogP contribution in [0.2, 0.25) is 0 Å². The summed E-state index contributed by atoms with van der Waals surface area (Å²) in [6, 6.07) is 11.2. The van der Waals surface area contributed by atoms with Gasteiger partial charge >= 0.3 is 5.97 Å². The highest BCUT2D eigenvalue weighted by Crippen LogP contribution is 2.17. The Morgan fingerprint density at radius 2 is 2.05 bits per heavy atom. The van der Waals surface area contributed by atoms with Crippen molar-refractivity contribution in [3.05, 3.63) is 57.8 Å². The number of thiophene rings is 1. The van der Waals surface area contributed by atoms with Crippen molar-refractivity contribution < 1.29 is 15.0 Å². The summed E-state index contributed by atoms with van der Waals surface area (Å²) >= 11 is 1.40. The van der Waals surface area contributed by atoms with Crippen molar-refractivity contribution in [3.8, 4) is 0 Å². The zero-order chi connectivity index (χ0) is 13.7. The van der Waals surface area contributed by atoms with E-state index in [1.54, 1.807) is 11.4 Å². The molecule has 0 radical (unpaired) electrons. The van der Waals surface area contributed by atoms with Crippen molar-refractivity contribution in [2.24, 2.45) is 0 Å². The Hall–Kier alpha value is -1.69. The van der Waals surface area contributed by atoms with E-state index in [1.165, 1.54) is 11.3 Å². The molecule has 1 heterocycles. The number of carbonyl (C=O) groups is 1. The van der Waals surface area contributed by atoms with E-state index < -0.39 is 5.97 Å². The zero-order valence-corrected chi connectivity index (χ0v) is 11.1. The largest absolute Gasteiger partial charge is 0.478 e. The van der Waals surface area contributed by atoms with Gasteiger partial charge in [0.05, 0.1) is 18.2 Å². The number of aromatic carboxylic acids is 1. The van der Waals surface area contributed by atoms with E-state index in [-0.39, 0.29) is 12.6 Å². The van der Waals surface area contributed by atoms with Crippen LogP contribution in [-0.2, 0) is 6.54 Å². The van der Waals surface area contributed by atoms with Crippen LogP contribution in [0.3, 0.4) is 0 Å². The molecule has 1 atom stereocenters. The van der Waals surface area contributed by atoms with Crippen LogP contribution in [0.5, 0.6) is 0 Å². The Morgan fingerprint density at radius 1 is 1.32 bits per heavy atom. The van der Waals surface area contributed by atoms with E-state index in [4.69, 9.17) is 5.11 Å². The molecule has 2 rings (SSSR count). The van der Waals surface area contributed by atoms with E-state index >= 15 is 0 Å². The Balaban J connectivity index is 1.98. The normalized spacial score (nSPS) is 12.3. The van der Waals surface area contributed by atoms with Gasteiger partial charge in [-0.15, -0.1) is 11.3 Å². The highest BCUT2D eigenvalue weighted by atomic mass is 32.1. The molecular weight excluding hydrogens is 262 g/mol. The Labute approximate surface area is 115 Å². The molecule has 19 heavy (non-hydrogen) atoms. The van der Waals surface area contributed by atoms with Gasteiger partial charge < -0.3 is 15.5 Å². The maximum atomic E-state index is 10.8. The van der Waals surface area contributed by atoms with Gasteiger partial charge in [0.25, 0.3) is 0 Å². The maximum Gasteiger partial charge on any atom is 0.336 e. The fraction of sp³-hybridized carbons (Fsp3) is 0.214. The molecule has 0 spiro atoms. The van der Waals surface area contributed by atoms with E-state index in [9.17, 15) is 9.90 Å². The molecule has 4 nitrogen and oxygen atoms in total. The lowest BCUT2D eigenvalue weighted by atomic mass is 10.1. The number of nitrogens with one attached hydrogen (secondary N) is 1. The third-order valence-corrected chi connectivity index (χ3v) is 3.74. The molecule has 0 saturated carbocycles. The van der Waals surface area contributed by atoms with Gasteiger partial charge in [-0.3, -0.25) is 0 Å². The molecule has 1 unspecified atom stereocenters. The fourth-order valence-corrected chi connectivity index (χ4v) is 2.59. The van der Waals surface area contributed by atoms with Gasteiger partial charge in [-0.2, -0.15) is 0 Å². The smallest absolute Gasteiger partial charge is 0.336 e. The first-order valence-electron chi connectivity index (χ1n) is 5.90. The average Bonchev–Trinajstić information content (AvgIpc) is 2.90. The quantitative estimate of drug-likeness (QED) is 0.757. The van der Waals surface area contributed by atoms with Crippen LogP contribution in [0.4, 0.5) is 0 Å². The second-order valence-electron chi connectivity index (χ2n) is 4.13. The van der Waals surface area contributed by atoms with Crippen molar-refractivity contribution in [2.75, 3.05) is 6.61 Å². The molecule has 0 aliphatic heterocycles. The fourth-order valence-electron chi connectivity index (χ4n) is 1.78. The van der Waals surface area contributed by atoms with Gasteiger partial charge in [-0.05, 0) is 11.6 Å². The van der Waals surface area contributed by atoms with Crippen LogP contribution in [0.25, 0.3) is 0 Å². The number of hydrogen-bond donors (Lipinski definition) is 3. The van der Waals surface area contributed by atoms with E-state index in [0.29, 0.717) is 12.1 Å². The SMILES string of the molecule is O=C(O)c1csc(CNC(CO)c2ccccc2)c1. The van der Waals surface area contributed by atoms with E-state index in [2.05, 4.69) is 5.32 Å². The molecule has 0 saturated heterocycles. The van der Waals surface area contributed by atoms with Crippen molar-refractivity contribution in [2.45, 2.75) is 12.6 Å². The van der Waals surface area contributed by atoms with Gasteiger partial charge in [0, 0.05) is 16.8 Å². The van der Waals surface area contributed by atoms with Crippen molar-refractivity contribution in [1.29, 1.82) is 0 Å². The highest BCUT2D eigenvalue weighted by molar-refractivity contribution is 7.10. The average molecular weight is 277 g/mol. The summed E-state index contributed by atoms with van der Waals surface area (Å²) in [7, 11) is 0.